The Morgan fingerprint density at radius 3 is 2.52 bits per heavy atom. The van der Waals surface area contributed by atoms with Crippen LogP contribution in [-0.4, -0.2) is 39.5 Å². The maximum absolute atomic E-state index is 12.3. The predicted octanol–water partition coefficient (Wildman–Crippen LogP) is 1.97. The van der Waals surface area contributed by atoms with E-state index in [2.05, 4.69) is 10.0 Å². The van der Waals surface area contributed by atoms with Gasteiger partial charge in [-0.3, -0.25) is 9.59 Å². The molecule has 2 aromatic carbocycles. The summed E-state index contributed by atoms with van der Waals surface area (Å²) in [5.74, 6) is -1.24. The van der Waals surface area contributed by atoms with E-state index in [1.165, 1.54) is 12.1 Å². The first-order chi connectivity index (χ1) is 12.8. The van der Waals surface area contributed by atoms with E-state index in [-0.39, 0.29) is 10.9 Å². The molecule has 0 fully saturated rings. The molecule has 27 heavy (non-hydrogen) atoms. The summed E-state index contributed by atoms with van der Waals surface area (Å²) < 4.78 is 31.7. The molecule has 8 heteroatoms. The first kappa shape index (κ1) is 20.9. The van der Waals surface area contributed by atoms with Gasteiger partial charge in [-0.2, -0.15) is 4.72 Å². The molecule has 2 aromatic rings. The lowest BCUT2D eigenvalue weighted by Gasteiger charge is -2.13. The second-order valence-electron chi connectivity index (χ2n) is 6.25. The number of ether oxygens (including phenoxy) is 1. The zero-order chi connectivity index (χ0) is 19.9. The number of carbonyl (C=O) groups is 2. The Bertz CT molecular complexity index is 911. The molecule has 146 valence electrons. The van der Waals surface area contributed by atoms with Crippen LogP contribution < -0.4 is 10.0 Å². The Labute approximate surface area is 159 Å². The molecule has 0 heterocycles. The first-order valence-electron chi connectivity index (χ1n) is 8.75. The standard InChI is InChI=1S/C19H24N2O5S/c1-3-6-14(2)21-18(22)13-26-19(23)12-20-27(24,25)17-10-9-15-7-4-5-8-16(15)11-17/h4-5,7-11,14,20H,3,6,12-13H2,1-2H3,(H,21,22)/t14-/m1/s1. The highest BCUT2D eigenvalue weighted by Gasteiger charge is 2.17. The van der Waals surface area contributed by atoms with Crippen molar-refractivity contribution in [2.24, 2.45) is 0 Å². The second kappa shape index (κ2) is 9.48. The third-order valence-electron chi connectivity index (χ3n) is 3.93. The van der Waals surface area contributed by atoms with Crippen molar-refractivity contribution in [2.45, 2.75) is 37.6 Å². The molecule has 0 bridgehead atoms. The van der Waals surface area contributed by atoms with E-state index >= 15 is 0 Å². The number of sulfonamides is 1. The highest BCUT2D eigenvalue weighted by molar-refractivity contribution is 7.89. The summed E-state index contributed by atoms with van der Waals surface area (Å²) in [6.07, 6.45) is 1.75. The van der Waals surface area contributed by atoms with Crippen molar-refractivity contribution in [3.05, 3.63) is 42.5 Å². The van der Waals surface area contributed by atoms with E-state index in [4.69, 9.17) is 4.74 Å². The maximum Gasteiger partial charge on any atom is 0.321 e. The molecule has 2 N–H and O–H groups in total. The minimum absolute atomic E-state index is 0.00684. The SMILES string of the molecule is CCC[C@@H](C)NC(=O)COC(=O)CNS(=O)(=O)c1ccc2ccccc2c1. The topological polar surface area (TPSA) is 102 Å². The summed E-state index contributed by atoms with van der Waals surface area (Å²) >= 11 is 0. The minimum atomic E-state index is -3.86. The fraction of sp³-hybridized carbons (Fsp3) is 0.368. The molecule has 0 spiro atoms. The van der Waals surface area contributed by atoms with Crippen LogP contribution in [0.1, 0.15) is 26.7 Å². The molecule has 0 aliphatic rings. The summed E-state index contributed by atoms with van der Waals surface area (Å²) in [7, 11) is -3.86. The van der Waals surface area contributed by atoms with Crippen LogP contribution in [0, 0.1) is 0 Å². The van der Waals surface area contributed by atoms with Gasteiger partial charge in [-0.25, -0.2) is 8.42 Å². The molecule has 1 atom stereocenters. The first-order valence-corrected chi connectivity index (χ1v) is 10.2. The minimum Gasteiger partial charge on any atom is -0.455 e. The number of nitrogens with one attached hydrogen (secondary N) is 2. The molecule has 0 saturated heterocycles. The lowest BCUT2D eigenvalue weighted by atomic mass is 10.1. The quantitative estimate of drug-likeness (QED) is 0.635. The van der Waals surface area contributed by atoms with Gasteiger partial charge in [0.15, 0.2) is 6.61 Å². The van der Waals surface area contributed by atoms with Crippen LogP contribution in [0.25, 0.3) is 10.8 Å². The Morgan fingerprint density at radius 1 is 1.11 bits per heavy atom. The zero-order valence-corrected chi connectivity index (χ0v) is 16.2. The van der Waals surface area contributed by atoms with E-state index in [9.17, 15) is 18.0 Å². The fourth-order valence-electron chi connectivity index (χ4n) is 2.59. The molecule has 0 aliphatic carbocycles. The van der Waals surface area contributed by atoms with Crippen LogP contribution in [0.4, 0.5) is 0 Å². The van der Waals surface area contributed by atoms with E-state index in [1.54, 1.807) is 12.1 Å². The number of hydrogen-bond acceptors (Lipinski definition) is 5. The van der Waals surface area contributed by atoms with Crippen molar-refractivity contribution in [1.29, 1.82) is 0 Å². The van der Waals surface area contributed by atoms with Crippen LogP contribution in [0.2, 0.25) is 0 Å². The van der Waals surface area contributed by atoms with Gasteiger partial charge in [0, 0.05) is 6.04 Å². The number of rotatable bonds is 9. The van der Waals surface area contributed by atoms with Gasteiger partial charge in [0.2, 0.25) is 10.0 Å². The predicted molar refractivity (Wildman–Crippen MR) is 103 cm³/mol. The van der Waals surface area contributed by atoms with Gasteiger partial charge >= 0.3 is 5.97 Å². The van der Waals surface area contributed by atoms with Crippen molar-refractivity contribution in [1.82, 2.24) is 10.0 Å². The fourth-order valence-corrected chi connectivity index (χ4v) is 3.59. The Kier molecular flexibility index (Phi) is 7.32. The molecule has 0 saturated carbocycles. The summed E-state index contributed by atoms with van der Waals surface area (Å²) in [5, 5.41) is 4.39. The van der Waals surface area contributed by atoms with Crippen molar-refractivity contribution < 1.29 is 22.7 Å². The molecule has 0 radical (unpaired) electrons. The Morgan fingerprint density at radius 2 is 1.81 bits per heavy atom. The van der Waals surface area contributed by atoms with Gasteiger partial charge < -0.3 is 10.1 Å². The van der Waals surface area contributed by atoms with Crippen LogP contribution in [0.3, 0.4) is 0 Å². The number of fused-ring (bicyclic) bond motifs is 1. The Balaban J connectivity index is 1.86. The molecule has 2 rings (SSSR count). The largest absolute Gasteiger partial charge is 0.455 e. The van der Waals surface area contributed by atoms with E-state index in [1.807, 2.05) is 32.0 Å². The van der Waals surface area contributed by atoms with Gasteiger partial charge in [0.25, 0.3) is 5.91 Å². The maximum atomic E-state index is 12.3. The molecule has 0 unspecified atom stereocenters. The van der Waals surface area contributed by atoms with Gasteiger partial charge in [-0.1, -0.05) is 43.7 Å². The third kappa shape index (κ3) is 6.33. The number of hydrogen-bond donors (Lipinski definition) is 2. The molecule has 1 amide bonds. The van der Waals surface area contributed by atoms with Crippen LogP contribution in [0.15, 0.2) is 47.4 Å². The van der Waals surface area contributed by atoms with Crippen molar-refractivity contribution >= 4 is 32.7 Å². The van der Waals surface area contributed by atoms with Crippen LogP contribution >= 0.6 is 0 Å². The summed E-state index contributed by atoms with van der Waals surface area (Å²) in [4.78, 5) is 23.4. The monoisotopic (exact) mass is 392 g/mol. The molecule has 0 aromatic heterocycles. The number of benzene rings is 2. The molecule has 0 aliphatic heterocycles. The van der Waals surface area contributed by atoms with Gasteiger partial charge in [-0.15, -0.1) is 0 Å². The molecular formula is C19H24N2O5S. The highest BCUT2D eigenvalue weighted by atomic mass is 32.2. The molecular weight excluding hydrogens is 368 g/mol. The van der Waals surface area contributed by atoms with Gasteiger partial charge in [0.05, 0.1) is 4.90 Å². The van der Waals surface area contributed by atoms with Crippen LogP contribution in [0.5, 0.6) is 0 Å². The zero-order valence-electron chi connectivity index (χ0n) is 15.4. The highest BCUT2D eigenvalue weighted by Crippen LogP contribution is 2.18. The average Bonchev–Trinajstić information content (AvgIpc) is 2.64. The van der Waals surface area contributed by atoms with Crippen molar-refractivity contribution in [3.63, 3.8) is 0 Å². The van der Waals surface area contributed by atoms with Crippen molar-refractivity contribution in [2.75, 3.05) is 13.2 Å². The lowest BCUT2D eigenvalue weighted by molar-refractivity contribution is -0.147. The second-order valence-corrected chi connectivity index (χ2v) is 8.02. The summed E-state index contributed by atoms with van der Waals surface area (Å²) in [6, 6.07) is 12.1. The number of amides is 1. The number of carbonyl (C=O) groups excluding carboxylic acids is 2. The van der Waals surface area contributed by atoms with Gasteiger partial charge in [-0.05, 0) is 36.2 Å². The van der Waals surface area contributed by atoms with E-state index in [0.29, 0.717) is 0 Å². The summed E-state index contributed by atoms with van der Waals surface area (Å²) in [5.41, 5.74) is 0. The lowest BCUT2D eigenvalue weighted by Crippen LogP contribution is -2.37. The van der Waals surface area contributed by atoms with Gasteiger partial charge in [0.1, 0.15) is 6.54 Å². The number of esters is 1. The van der Waals surface area contributed by atoms with Crippen molar-refractivity contribution in [3.8, 4) is 0 Å². The normalized spacial score (nSPS) is 12.5. The summed E-state index contributed by atoms with van der Waals surface area (Å²) in [6.45, 7) is 2.88. The van der Waals surface area contributed by atoms with Crippen LogP contribution in [-0.2, 0) is 24.3 Å². The third-order valence-corrected chi connectivity index (χ3v) is 5.33. The Hall–Kier alpha value is -2.45. The van der Waals surface area contributed by atoms with E-state index in [0.717, 1.165) is 23.6 Å². The smallest absolute Gasteiger partial charge is 0.321 e. The average molecular weight is 392 g/mol. The van der Waals surface area contributed by atoms with E-state index < -0.39 is 35.1 Å². The molecule has 7 nitrogen and oxygen atoms in total.